The molecule has 1 fully saturated rings. The first-order valence-electron chi connectivity index (χ1n) is 7.21. The molecular weight excluding hydrogens is 316 g/mol. The molecule has 4 rings (SSSR count). The summed E-state index contributed by atoms with van der Waals surface area (Å²) in [4.78, 5) is 0.188. The van der Waals surface area contributed by atoms with Crippen molar-refractivity contribution >= 4 is 26.7 Å². The highest BCUT2D eigenvalue weighted by Gasteiger charge is 2.27. The van der Waals surface area contributed by atoms with Gasteiger partial charge in [-0.15, -0.1) is 0 Å². The molecule has 0 saturated carbocycles. The van der Waals surface area contributed by atoms with E-state index in [1.54, 1.807) is 0 Å². The zero-order chi connectivity index (χ0) is 13.5. The molecule has 2 aromatic rings. The van der Waals surface area contributed by atoms with Crippen LogP contribution in [0.1, 0.15) is 21.5 Å². The van der Waals surface area contributed by atoms with Crippen LogP contribution in [0.15, 0.2) is 30.3 Å². The highest BCUT2D eigenvalue weighted by atomic mass is 79.9. The Morgan fingerprint density at radius 3 is 2.70 bits per heavy atom. The van der Waals surface area contributed by atoms with E-state index in [2.05, 4.69) is 46.3 Å². The van der Waals surface area contributed by atoms with E-state index in [0.29, 0.717) is 19.8 Å². The van der Waals surface area contributed by atoms with Crippen molar-refractivity contribution in [3.05, 3.63) is 47.0 Å². The molecule has 2 aromatic carbocycles. The molecule has 2 unspecified atom stereocenters. The van der Waals surface area contributed by atoms with E-state index in [1.807, 2.05) is 0 Å². The van der Waals surface area contributed by atoms with Crippen molar-refractivity contribution in [3.8, 4) is 0 Å². The van der Waals surface area contributed by atoms with Crippen molar-refractivity contribution in [2.75, 3.05) is 19.8 Å². The van der Waals surface area contributed by atoms with Crippen LogP contribution >= 0.6 is 15.9 Å². The van der Waals surface area contributed by atoms with Gasteiger partial charge in [-0.1, -0.05) is 46.3 Å². The minimum atomic E-state index is 0.0993. The van der Waals surface area contributed by atoms with Gasteiger partial charge in [-0.3, -0.25) is 0 Å². The van der Waals surface area contributed by atoms with Gasteiger partial charge in [0.25, 0.3) is 0 Å². The van der Waals surface area contributed by atoms with E-state index < -0.39 is 0 Å². The van der Waals surface area contributed by atoms with Crippen LogP contribution in [0, 0.1) is 0 Å². The van der Waals surface area contributed by atoms with Crippen LogP contribution in [-0.4, -0.2) is 25.9 Å². The van der Waals surface area contributed by atoms with Gasteiger partial charge in [0.05, 0.1) is 30.8 Å². The number of alkyl halides is 1. The van der Waals surface area contributed by atoms with Crippen molar-refractivity contribution in [2.45, 2.75) is 23.8 Å². The van der Waals surface area contributed by atoms with E-state index in [1.165, 1.54) is 40.3 Å². The van der Waals surface area contributed by atoms with Crippen molar-refractivity contribution in [1.29, 1.82) is 0 Å². The third kappa shape index (κ3) is 2.00. The Morgan fingerprint density at radius 1 is 1.05 bits per heavy atom. The van der Waals surface area contributed by atoms with Crippen molar-refractivity contribution in [1.82, 2.24) is 0 Å². The Morgan fingerprint density at radius 2 is 1.90 bits per heavy atom. The average molecular weight is 333 g/mol. The lowest BCUT2D eigenvalue weighted by atomic mass is 9.96. The third-order valence-electron chi connectivity index (χ3n) is 4.38. The molecule has 1 aliphatic carbocycles. The topological polar surface area (TPSA) is 18.5 Å². The number of benzene rings is 2. The highest BCUT2D eigenvalue weighted by molar-refractivity contribution is 9.09. The molecule has 0 bridgehead atoms. The smallest absolute Gasteiger partial charge is 0.0975 e. The predicted octanol–water partition coefficient (Wildman–Crippen LogP) is 3.79. The normalized spacial score (nSPS) is 23.1. The SMILES string of the molecule is BrC(c1ccc2c3c(cccc13)CC2)C1COCCO1. The minimum absolute atomic E-state index is 0.0993. The van der Waals surface area contributed by atoms with Crippen LogP contribution in [0.2, 0.25) is 0 Å². The molecule has 0 radical (unpaired) electrons. The summed E-state index contributed by atoms with van der Waals surface area (Å²) in [6.07, 6.45) is 2.44. The van der Waals surface area contributed by atoms with Gasteiger partial charge in [0, 0.05) is 0 Å². The summed E-state index contributed by atoms with van der Waals surface area (Å²) in [7, 11) is 0. The molecule has 1 saturated heterocycles. The summed E-state index contributed by atoms with van der Waals surface area (Å²) >= 11 is 3.83. The van der Waals surface area contributed by atoms with Crippen LogP contribution in [0.25, 0.3) is 10.8 Å². The largest absolute Gasteiger partial charge is 0.376 e. The summed E-state index contributed by atoms with van der Waals surface area (Å²) in [6, 6.07) is 11.2. The Balaban J connectivity index is 1.80. The predicted molar refractivity (Wildman–Crippen MR) is 83.6 cm³/mol. The fourth-order valence-corrected chi connectivity index (χ4v) is 4.09. The monoisotopic (exact) mass is 332 g/mol. The zero-order valence-electron chi connectivity index (χ0n) is 11.3. The zero-order valence-corrected chi connectivity index (χ0v) is 12.9. The number of rotatable bonds is 2. The van der Waals surface area contributed by atoms with E-state index in [9.17, 15) is 0 Å². The van der Waals surface area contributed by atoms with Crippen molar-refractivity contribution in [3.63, 3.8) is 0 Å². The van der Waals surface area contributed by atoms with Crippen LogP contribution in [0.4, 0.5) is 0 Å². The maximum atomic E-state index is 5.85. The van der Waals surface area contributed by atoms with Crippen LogP contribution in [-0.2, 0) is 22.3 Å². The fraction of sp³-hybridized carbons (Fsp3) is 0.412. The molecule has 2 nitrogen and oxygen atoms in total. The van der Waals surface area contributed by atoms with Gasteiger partial charge >= 0.3 is 0 Å². The van der Waals surface area contributed by atoms with Gasteiger partial charge in [-0.05, 0) is 40.3 Å². The lowest BCUT2D eigenvalue weighted by molar-refractivity contribution is -0.0875. The number of hydrogen-bond donors (Lipinski definition) is 0. The first-order chi connectivity index (χ1) is 9.84. The Hall–Kier alpha value is -0.900. The first-order valence-corrected chi connectivity index (χ1v) is 8.13. The van der Waals surface area contributed by atoms with Gasteiger partial charge in [0.2, 0.25) is 0 Å². The van der Waals surface area contributed by atoms with Gasteiger partial charge < -0.3 is 9.47 Å². The standard InChI is InChI=1S/C17H17BrO2/c18-17(15-10-19-8-9-20-15)14-7-6-12-5-4-11-2-1-3-13(14)16(11)12/h1-3,6-7,15,17H,4-5,8-10H2. The molecule has 0 N–H and O–H groups in total. The molecule has 0 spiro atoms. The maximum Gasteiger partial charge on any atom is 0.0975 e. The van der Waals surface area contributed by atoms with Crippen LogP contribution in [0.3, 0.4) is 0 Å². The lowest BCUT2D eigenvalue weighted by Gasteiger charge is -2.28. The molecule has 0 amide bonds. The second-order valence-corrected chi connectivity index (χ2v) is 6.53. The summed E-state index contributed by atoms with van der Waals surface area (Å²) < 4.78 is 11.4. The molecular formula is C17H17BrO2. The molecule has 3 heteroatoms. The number of hydrogen-bond acceptors (Lipinski definition) is 2. The Bertz CT molecular complexity index is 636. The Labute approximate surface area is 127 Å². The second kappa shape index (κ2) is 5.14. The fourth-order valence-electron chi connectivity index (χ4n) is 3.39. The van der Waals surface area contributed by atoms with Gasteiger partial charge in [0.15, 0.2) is 0 Å². The van der Waals surface area contributed by atoms with Crippen molar-refractivity contribution < 1.29 is 9.47 Å². The summed E-state index contributed by atoms with van der Waals surface area (Å²) in [5, 5.41) is 2.83. The van der Waals surface area contributed by atoms with Crippen LogP contribution in [0.5, 0.6) is 0 Å². The van der Waals surface area contributed by atoms with E-state index >= 15 is 0 Å². The molecule has 1 heterocycles. The maximum absolute atomic E-state index is 5.85. The molecule has 0 aromatic heterocycles. The highest BCUT2D eigenvalue weighted by Crippen LogP contribution is 2.39. The lowest BCUT2D eigenvalue weighted by Crippen LogP contribution is -2.31. The summed E-state index contributed by atoms with van der Waals surface area (Å²) in [5.74, 6) is 0. The van der Waals surface area contributed by atoms with E-state index in [4.69, 9.17) is 9.47 Å². The quantitative estimate of drug-likeness (QED) is 0.779. The number of ether oxygens (including phenoxy) is 2. The Kier molecular flexibility index (Phi) is 3.29. The summed E-state index contributed by atoms with van der Waals surface area (Å²) in [5.41, 5.74) is 4.29. The second-order valence-electron chi connectivity index (χ2n) is 5.54. The molecule has 2 atom stereocenters. The summed E-state index contributed by atoms with van der Waals surface area (Å²) in [6.45, 7) is 2.06. The van der Waals surface area contributed by atoms with Crippen molar-refractivity contribution in [2.24, 2.45) is 0 Å². The van der Waals surface area contributed by atoms with E-state index in [0.717, 1.165) is 0 Å². The third-order valence-corrected chi connectivity index (χ3v) is 5.46. The first kappa shape index (κ1) is 12.8. The van der Waals surface area contributed by atoms with Crippen LogP contribution < -0.4 is 0 Å². The molecule has 2 aliphatic rings. The van der Waals surface area contributed by atoms with Gasteiger partial charge in [-0.2, -0.15) is 0 Å². The molecule has 104 valence electrons. The minimum Gasteiger partial charge on any atom is -0.376 e. The number of halogens is 1. The average Bonchev–Trinajstić information content (AvgIpc) is 2.93. The molecule has 1 aliphatic heterocycles. The number of aryl methyl sites for hydroxylation is 2. The van der Waals surface area contributed by atoms with Gasteiger partial charge in [0.1, 0.15) is 0 Å². The van der Waals surface area contributed by atoms with E-state index in [-0.39, 0.29) is 10.9 Å². The van der Waals surface area contributed by atoms with Gasteiger partial charge in [-0.25, -0.2) is 0 Å². The molecule has 20 heavy (non-hydrogen) atoms.